The molecule has 0 saturated heterocycles. The fraction of sp³-hybridized carbons (Fsp3) is 0.571. The van der Waals surface area contributed by atoms with Crippen molar-refractivity contribution in [3.8, 4) is 5.75 Å². The Bertz CT molecular complexity index is 342. The Labute approximate surface area is 109 Å². The zero-order valence-electron chi connectivity index (χ0n) is 11.3. The van der Waals surface area contributed by atoms with E-state index < -0.39 is 6.10 Å². The lowest BCUT2D eigenvalue weighted by Gasteiger charge is -2.14. The number of methoxy groups -OCH3 is 1. The minimum atomic E-state index is -0.474. The average molecular weight is 253 g/mol. The molecule has 0 heterocycles. The zero-order valence-corrected chi connectivity index (χ0v) is 11.3. The summed E-state index contributed by atoms with van der Waals surface area (Å²) in [5.41, 5.74) is 1.04. The van der Waals surface area contributed by atoms with Gasteiger partial charge in [0.1, 0.15) is 5.75 Å². The van der Waals surface area contributed by atoms with Crippen molar-refractivity contribution in [1.82, 2.24) is 5.32 Å². The maximum Gasteiger partial charge on any atom is 0.119 e. The smallest absolute Gasteiger partial charge is 0.119 e. The maximum atomic E-state index is 9.66. The maximum absolute atomic E-state index is 9.66. The van der Waals surface area contributed by atoms with Crippen molar-refractivity contribution in [2.45, 2.75) is 32.6 Å². The van der Waals surface area contributed by atoms with Crippen LogP contribution in [0.3, 0.4) is 0 Å². The van der Waals surface area contributed by atoms with Crippen molar-refractivity contribution in [1.29, 1.82) is 0 Å². The predicted octanol–water partition coefficient (Wildman–Crippen LogP) is 1.57. The van der Waals surface area contributed by atoms with Gasteiger partial charge in [0.25, 0.3) is 0 Å². The fourth-order valence-electron chi connectivity index (χ4n) is 1.51. The van der Waals surface area contributed by atoms with E-state index in [0.717, 1.165) is 11.3 Å². The molecule has 0 saturated carbocycles. The Morgan fingerprint density at radius 1 is 1.33 bits per heavy atom. The number of aliphatic hydroxyl groups excluding tert-OH is 1. The number of hydrogen-bond donors (Lipinski definition) is 2. The van der Waals surface area contributed by atoms with Crippen LogP contribution in [0.4, 0.5) is 0 Å². The molecule has 0 bridgehead atoms. The number of nitrogens with one attached hydrogen (secondary N) is 1. The second-order valence-corrected chi connectivity index (χ2v) is 4.58. The highest BCUT2D eigenvalue weighted by Crippen LogP contribution is 2.13. The lowest BCUT2D eigenvalue weighted by Crippen LogP contribution is -2.34. The van der Waals surface area contributed by atoms with Gasteiger partial charge in [0, 0.05) is 12.6 Å². The Hall–Kier alpha value is -1.10. The van der Waals surface area contributed by atoms with Crippen molar-refractivity contribution in [2.24, 2.45) is 0 Å². The molecule has 1 aromatic rings. The Morgan fingerprint density at radius 3 is 2.78 bits per heavy atom. The SMILES string of the molecule is COc1cccc(COCC(O)CNC(C)C)c1. The van der Waals surface area contributed by atoms with E-state index in [-0.39, 0.29) is 0 Å². The van der Waals surface area contributed by atoms with Crippen molar-refractivity contribution >= 4 is 0 Å². The van der Waals surface area contributed by atoms with E-state index in [4.69, 9.17) is 9.47 Å². The minimum Gasteiger partial charge on any atom is -0.497 e. The molecule has 1 unspecified atom stereocenters. The number of benzene rings is 1. The highest BCUT2D eigenvalue weighted by molar-refractivity contribution is 5.27. The first-order valence-corrected chi connectivity index (χ1v) is 6.24. The summed E-state index contributed by atoms with van der Waals surface area (Å²) in [5.74, 6) is 0.818. The molecule has 1 aromatic carbocycles. The molecule has 1 rings (SSSR count). The molecule has 18 heavy (non-hydrogen) atoms. The second-order valence-electron chi connectivity index (χ2n) is 4.58. The van der Waals surface area contributed by atoms with Crippen LogP contribution >= 0.6 is 0 Å². The summed E-state index contributed by atoms with van der Waals surface area (Å²) >= 11 is 0. The van der Waals surface area contributed by atoms with Crippen molar-refractivity contribution in [3.63, 3.8) is 0 Å². The van der Waals surface area contributed by atoms with Gasteiger partial charge in [0.05, 0.1) is 26.4 Å². The molecule has 0 aliphatic carbocycles. The predicted molar refractivity (Wildman–Crippen MR) is 71.8 cm³/mol. The van der Waals surface area contributed by atoms with Crippen LogP contribution in [0.25, 0.3) is 0 Å². The third kappa shape index (κ3) is 6.00. The zero-order chi connectivity index (χ0) is 13.4. The van der Waals surface area contributed by atoms with Gasteiger partial charge in [0.15, 0.2) is 0 Å². The van der Waals surface area contributed by atoms with Crippen LogP contribution in [-0.2, 0) is 11.3 Å². The molecular formula is C14H23NO3. The van der Waals surface area contributed by atoms with E-state index in [1.54, 1.807) is 7.11 Å². The first-order chi connectivity index (χ1) is 8.61. The summed E-state index contributed by atoms with van der Waals surface area (Å²) < 4.78 is 10.6. The van der Waals surface area contributed by atoms with E-state index in [9.17, 15) is 5.11 Å². The molecule has 0 aromatic heterocycles. The third-order valence-electron chi connectivity index (χ3n) is 2.47. The standard InChI is InChI=1S/C14H23NO3/c1-11(2)15-8-13(16)10-18-9-12-5-4-6-14(7-12)17-3/h4-7,11,13,15-16H,8-10H2,1-3H3. The number of hydrogen-bond acceptors (Lipinski definition) is 4. The Balaban J connectivity index is 2.24. The quantitative estimate of drug-likeness (QED) is 0.738. The summed E-state index contributed by atoms with van der Waals surface area (Å²) in [6.45, 7) is 5.45. The molecule has 0 spiro atoms. The van der Waals surface area contributed by atoms with Gasteiger partial charge in [-0.1, -0.05) is 26.0 Å². The van der Waals surface area contributed by atoms with Gasteiger partial charge < -0.3 is 19.9 Å². The second kappa shape index (κ2) is 8.08. The molecule has 0 aliphatic heterocycles. The van der Waals surface area contributed by atoms with Gasteiger partial charge in [-0.15, -0.1) is 0 Å². The largest absolute Gasteiger partial charge is 0.497 e. The minimum absolute atomic E-state index is 0.330. The van der Waals surface area contributed by atoms with Gasteiger partial charge in [-0.3, -0.25) is 0 Å². The first kappa shape index (κ1) is 15.0. The van der Waals surface area contributed by atoms with Crippen molar-refractivity contribution in [3.05, 3.63) is 29.8 Å². The van der Waals surface area contributed by atoms with Crippen LogP contribution < -0.4 is 10.1 Å². The lowest BCUT2D eigenvalue weighted by molar-refractivity contribution is 0.0280. The third-order valence-corrected chi connectivity index (χ3v) is 2.47. The number of rotatable bonds is 8. The highest BCUT2D eigenvalue weighted by Gasteiger charge is 2.05. The number of ether oxygens (including phenoxy) is 2. The summed E-state index contributed by atoms with van der Waals surface area (Å²) in [6, 6.07) is 8.09. The molecule has 0 radical (unpaired) electrons. The van der Waals surface area contributed by atoms with E-state index in [1.165, 1.54) is 0 Å². The van der Waals surface area contributed by atoms with Crippen LogP contribution in [0.2, 0.25) is 0 Å². The van der Waals surface area contributed by atoms with E-state index >= 15 is 0 Å². The number of aliphatic hydroxyl groups is 1. The lowest BCUT2D eigenvalue weighted by atomic mass is 10.2. The van der Waals surface area contributed by atoms with Gasteiger partial charge in [-0.25, -0.2) is 0 Å². The van der Waals surface area contributed by atoms with Gasteiger partial charge in [-0.05, 0) is 17.7 Å². The molecule has 102 valence electrons. The van der Waals surface area contributed by atoms with Crippen LogP contribution in [0.5, 0.6) is 5.75 Å². The van der Waals surface area contributed by atoms with E-state index in [0.29, 0.717) is 25.8 Å². The summed E-state index contributed by atoms with van der Waals surface area (Å²) in [4.78, 5) is 0. The molecule has 0 aliphatic rings. The van der Waals surface area contributed by atoms with Gasteiger partial charge in [0.2, 0.25) is 0 Å². The fourth-order valence-corrected chi connectivity index (χ4v) is 1.51. The Morgan fingerprint density at radius 2 is 2.11 bits per heavy atom. The molecule has 0 amide bonds. The van der Waals surface area contributed by atoms with Crippen molar-refractivity contribution < 1.29 is 14.6 Å². The van der Waals surface area contributed by atoms with Crippen LogP contribution in [0, 0.1) is 0 Å². The van der Waals surface area contributed by atoms with Crippen LogP contribution in [0.15, 0.2) is 24.3 Å². The molecular weight excluding hydrogens is 230 g/mol. The monoisotopic (exact) mass is 253 g/mol. The molecule has 2 N–H and O–H groups in total. The van der Waals surface area contributed by atoms with Gasteiger partial charge >= 0.3 is 0 Å². The first-order valence-electron chi connectivity index (χ1n) is 6.24. The summed E-state index contributed by atoms with van der Waals surface area (Å²) in [5, 5.41) is 12.8. The Kier molecular flexibility index (Phi) is 6.72. The van der Waals surface area contributed by atoms with E-state index in [2.05, 4.69) is 5.32 Å². The van der Waals surface area contributed by atoms with Crippen LogP contribution in [-0.4, -0.2) is 37.5 Å². The molecule has 4 heteroatoms. The summed E-state index contributed by atoms with van der Waals surface area (Å²) in [7, 11) is 1.64. The molecule has 1 atom stereocenters. The van der Waals surface area contributed by atoms with E-state index in [1.807, 2.05) is 38.1 Å². The summed E-state index contributed by atoms with van der Waals surface area (Å²) in [6.07, 6.45) is -0.474. The molecule has 4 nitrogen and oxygen atoms in total. The average Bonchev–Trinajstić information content (AvgIpc) is 2.36. The highest BCUT2D eigenvalue weighted by atomic mass is 16.5. The van der Waals surface area contributed by atoms with Gasteiger partial charge in [-0.2, -0.15) is 0 Å². The van der Waals surface area contributed by atoms with Crippen molar-refractivity contribution in [2.75, 3.05) is 20.3 Å². The van der Waals surface area contributed by atoms with Crippen LogP contribution in [0.1, 0.15) is 19.4 Å². The molecule has 0 fully saturated rings. The topological polar surface area (TPSA) is 50.7 Å². The normalized spacial score (nSPS) is 12.7.